The van der Waals surface area contributed by atoms with Crippen molar-refractivity contribution in [2.24, 2.45) is 0 Å². The summed E-state index contributed by atoms with van der Waals surface area (Å²) in [4.78, 5) is 33.5. The van der Waals surface area contributed by atoms with Crippen LogP contribution in [0.5, 0.6) is 11.5 Å². The summed E-state index contributed by atoms with van der Waals surface area (Å²) < 4.78 is 12.8. The molecule has 0 fully saturated rings. The van der Waals surface area contributed by atoms with Crippen LogP contribution < -0.4 is 14.8 Å². The van der Waals surface area contributed by atoms with Gasteiger partial charge in [-0.3, -0.25) is 14.9 Å². The van der Waals surface area contributed by atoms with Crippen molar-refractivity contribution < 1.29 is 24.2 Å². The summed E-state index contributed by atoms with van der Waals surface area (Å²) in [6, 6.07) is 10.4. The summed E-state index contributed by atoms with van der Waals surface area (Å²) in [6.45, 7) is 7.14. The number of nitriles is 1. The number of rotatable bonds is 12. The van der Waals surface area contributed by atoms with Crippen LogP contribution in [0.4, 0.5) is 5.95 Å². The number of nitrogens with zero attached hydrogens (tertiary/aromatic N) is 4. The van der Waals surface area contributed by atoms with E-state index in [1.807, 2.05) is 33.8 Å². The van der Waals surface area contributed by atoms with Crippen LogP contribution in [-0.4, -0.2) is 64.8 Å². The molecule has 3 rings (SSSR count). The number of hydrogen-bond acceptors (Lipinski definition) is 8. The van der Waals surface area contributed by atoms with Crippen LogP contribution in [0.25, 0.3) is 10.6 Å². The molecule has 1 unspecified atom stereocenters. The van der Waals surface area contributed by atoms with Gasteiger partial charge < -0.3 is 24.0 Å². The zero-order valence-electron chi connectivity index (χ0n) is 23.6. The van der Waals surface area contributed by atoms with Gasteiger partial charge in [0.25, 0.3) is 0 Å². The Labute approximate surface area is 244 Å². The van der Waals surface area contributed by atoms with E-state index in [2.05, 4.69) is 16.4 Å². The van der Waals surface area contributed by atoms with E-state index in [0.717, 1.165) is 4.88 Å². The Morgan fingerprint density at radius 1 is 1.20 bits per heavy atom. The van der Waals surface area contributed by atoms with Crippen LogP contribution >= 0.6 is 22.9 Å². The molecule has 0 radical (unpaired) electrons. The number of benzene rings is 1. The third kappa shape index (κ3) is 8.21. The number of ether oxygens (including phenoxy) is 2. The molecule has 0 bridgehead atoms. The van der Waals surface area contributed by atoms with E-state index in [4.69, 9.17) is 21.1 Å². The zero-order valence-corrected chi connectivity index (χ0v) is 25.2. The van der Waals surface area contributed by atoms with Crippen molar-refractivity contribution in [1.82, 2.24) is 14.5 Å². The smallest absolute Gasteiger partial charge is 0.246 e. The normalized spacial score (nSPS) is 11.2. The SMILES string of the molecule is CC.COc1ccc(C(CCO)C(=O)N(CC(=O)Nc2nc(-c3ccc(Cl)s3)cn2CC#N)C(C)C)cc1OC. The summed E-state index contributed by atoms with van der Waals surface area (Å²) in [5, 5.41) is 21.7. The van der Waals surface area contributed by atoms with E-state index in [9.17, 15) is 20.0 Å². The van der Waals surface area contributed by atoms with E-state index in [1.165, 1.54) is 35.0 Å². The van der Waals surface area contributed by atoms with Gasteiger partial charge in [-0.2, -0.15) is 5.26 Å². The lowest BCUT2D eigenvalue weighted by molar-refractivity contribution is -0.138. The van der Waals surface area contributed by atoms with Gasteiger partial charge in [0.05, 0.1) is 35.4 Å². The zero-order chi connectivity index (χ0) is 29.8. The maximum atomic E-state index is 13.7. The van der Waals surface area contributed by atoms with Gasteiger partial charge in [0.1, 0.15) is 18.8 Å². The largest absolute Gasteiger partial charge is 0.493 e. The van der Waals surface area contributed by atoms with Crippen molar-refractivity contribution in [3.63, 3.8) is 0 Å². The molecule has 0 aliphatic rings. The standard InChI is InChI=1S/C26H30ClN5O5S.C2H6/c1-16(2)32(25(35)18(9-12-33)17-5-6-20(36-3)21(13-17)37-4)15-24(34)30-26-29-19(14-31(26)11-10-28)22-7-8-23(27)38-22;1-2/h5-8,13-14,16,18,33H,9,11-12,15H2,1-4H3,(H,29,30,34);1-2H3. The second kappa shape index (κ2) is 15.9. The van der Waals surface area contributed by atoms with Gasteiger partial charge in [0.15, 0.2) is 11.5 Å². The number of aliphatic hydroxyl groups excluding tert-OH is 1. The predicted molar refractivity (Wildman–Crippen MR) is 157 cm³/mol. The summed E-state index contributed by atoms with van der Waals surface area (Å²) in [5.74, 6) is -0.316. The number of thiophene rings is 1. The van der Waals surface area contributed by atoms with Crippen LogP contribution in [-0.2, 0) is 16.1 Å². The molecule has 2 amide bonds. The van der Waals surface area contributed by atoms with Crippen molar-refractivity contribution in [1.29, 1.82) is 5.26 Å². The molecule has 40 heavy (non-hydrogen) atoms. The highest BCUT2D eigenvalue weighted by atomic mass is 35.5. The number of aliphatic hydroxyl groups is 1. The first-order chi connectivity index (χ1) is 19.2. The fourth-order valence-corrected chi connectivity index (χ4v) is 4.95. The van der Waals surface area contributed by atoms with Gasteiger partial charge in [-0.1, -0.05) is 31.5 Å². The summed E-state index contributed by atoms with van der Waals surface area (Å²) in [6.07, 6.45) is 1.83. The second-order valence-electron chi connectivity index (χ2n) is 8.63. The fourth-order valence-electron chi connectivity index (χ4n) is 3.95. The molecule has 0 saturated carbocycles. The van der Waals surface area contributed by atoms with Gasteiger partial charge in [-0.25, -0.2) is 4.98 Å². The Hall–Kier alpha value is -3.59. The van der Waals surface area contributed by atoms with Crippen LogP contribution in [0.15, 0.2) is 36.5 Å². The van der Waals surface area contributed by atoms with Gasteiger partial charge in [-0.05, 0) is 50.1 Å². The van der Waals surface area contributed by atoms with Crippen LogP contribution in [0.1, 0.15) is 45.6 Å². The van der Waals surface area contributed by atoms with Crippen molar-refractivity contribution in [2.45, 2.75) is 52.6 Å². The quantitative estimate of drug-likeness (QED) is 0.298. The second-order valence-corrected chi connectivity index (χ2v) is 10.3. The molecule has 216 valence electrons. The lowest BCUT2D eigenvalue weighted by Gasteiger charge is -2.30. The average Bonchev–Trinajstić information content (AvgIpc) is 3.56. The van der Waals surface area contributed by atoms with E-state index in [-0.39, 0.29) is 44.0 Å². The van der Waals surface area contributed by atoms with Crippen LogP contribution in [0, 0.1) is 11.3 Å². The molecular weight excluding hydrogens is 554 g/mol. The molecule has 0 aliphatic heterocycles. The lowest BCUT2D eigenvalue weighted by Crippen LogP contribution is -2.45. The molecule has 0 saturated heterocycles. The molecule has 1 atom stereocenters. The molecule has 2 N–H and O–H groups in total. The number of anilines is 1. The highest BCUT2D eigenvalue weighted by molar-refractivity contribution is 7.19. The molecule has 12 heteroatoms. The van der Waals surface area contributed by atoms with Crippen molar-refractivity contribution in [3.8, 4) is 28.1 Å². The van der Waals surface area contributed by atoms with E-state index < -0.39 is 11.8 Å². The first kappa shape index (κ1) is 32.6. The Morgan fingerprint density at radius 2 is 1.90 bits per heavy atom. The molecular formula is C28H36ClN5O5S. The Morgan fingerprint density at radius 3 is 2.45 bits per heavy atom. The minimum atomic E-state index is -0.703. The number of nitrogens with one attached hydrogen (secondary N) is 1. The first-order valence-electron chi connectivity index (χ1n) is 12.8. The molecule has 3 aromatic rings. The summed E-state index contributed by atoms with van der Waals surface area (Å²) in [7, 11) is 3.03. The Balaban J connectivity index is 0.00000274. The monoisotopic (exact) mass is 589 g/mol. The third-order valence-electron chi connectivity index (χ3n) is 5.84. The van der Waals surface area contributed by atoms with Gasteiger partial charge >= 0.3 is 0 Å². The van der Waals surface area contributed by atoms with E-state index >= 15 is 0 Å². The maximum absolute atomic E-state index is 13.7. The minimum Gasteiger partial charge on any atom is -0.493 e. The minimum absolute atomic E-state index is 0.0214. The van der Waals surface area contributed by atoms with Crippen molar-refractivity contribution in [2.75, 3.05) is 32.7 Å². The number of carbonyl (C=O) groups excluding carboxylic acids is 2. The Kier molecular flexibility index (Phi) is 12.9. The number of aromatic nitrogens is 2. The highest BCUT2D eigenvalue weighted by Crippen LogP contribution is 2.33. The number of hydrogen-bond donors (Lipinski definition) is 2. The van der Waals surface area contributed by atoms with Gasteiger partial charge in [0, 0.05) is 18.8 Å². The van der Waals surface area contributed by atoms with Crippen LogP contribution in [0.2, 0.25) is 4.34 Å². The highest BCUT2D eigenvalue weighted by Gasteiger charge is 2.30. The van der Waals surface area contributed by atoms with Crippen molar-refractivity contribution in [3.05, 3.63) is 46.4 Å². The van der Waals surface area contributed by atoms with Crippen molar-refractivity contribution >= 4 is 40.7 Å². The average molecular weight is 590 g/mol. The molecule has 10 nitrogen and oxygen atoms in total. The fraction of sp³-hybridized carbons (Fsp3) is 0.429. The molecule has 2 heterocycles. The van der Waals surface area contributed by atoms with Gasteiger partial charge in [-0.15, -0.1) is 11.3 Å². The summed E-state index contributed by atoms with van der Waals surface area (Å²) >= 11 is 7.37. The predicted octanol–water partition coefficient (Wildman–Crippen LogP) is 5.17. The topological polar surface area (TPSA) is 130 Å². The number of methoxy groups -OCH3 is 2. The number of imidazole rings is 1. The van der Waals surface area contributed by atoms with Gasteiger partial charge in [0.2, 0.25) is 17.8 Å². The summed E-state index contributed by atoms with van der Waals surface area (Å²) in [5.41, 5.74) is 1.21. The van der Waals surface area contributed by atoms with E-state index in [1.54, 1.807) is 30.5 Å². The van der Waals surface area contributed by atoms with E-state index in [0.29, 0.717) is 27.1 Å². The molecule has 0 aliphatic carbocycles. The maximum Gasteiger partial charge on any atom is 0.246 e. The number of amides is 2. The molecule has 2 aromatic heterocycles. The molecule has 0 spiro atoms. The third-order valence-corrected chi connectivity index (χ3v) is 7.09. The van der Waals surface area contributed by atoms with Crippen LogP contribution in [0.3, 0.4) is 0 Å². The Bertz CT molecular complexity index is 1320. The number of carbonyl (C=O) groups is 2. The number of halogens is 1. The lowest BCUT2D eigenvalue weighted by atomic mass is 9.93. The first-order valence-corrected chi connectivity index (χ1v) is 14.0. The molecule has 1 aromatic carbocycles.